The molecule has 8 nitrogen and oxygen atoms in total. The molecule has 0 aliphatic carbocycles. The molecule has 0 spiro atoms. The number of nitrogens with zero attached hydrogens (tertiary/aromatic N) is 1. The predicted octanol–water partition coefficient (Wildman–Crippen LogP) is 8.68. The summed E-state index contributed by atoms with van der Waals surface area (Å²) in [5.74, 6) is 0.691. The molecule has 1 atom stereocenters. The Balaban J connectivity index is 1.52. The van der Waals surface area contributed by atoms with E-state index < -0.39 is 41.0 Å². The first-order valence-corrected chi connectivity index (χ1v) is 17.0. The van der Waals surface area contributed by atoms with E-state index in [4.69, 9.17) is 14.2 Å². The number of rotatable bonds is 17. The number of hydrogen-bond donors (Lipinski definition) is 2. The second-order valence-corrected chi connectivity index (χ2v) is 12.5. The maximum absolute atomic E-state index is 13.9. The fourth-order valence-corrected chi connectivity index (χ4v) is 6.24. The molecule has 276 valence electrons. The van der Waals surface area contributed by atoms with Gasteiger partial charge in [0.25, 0.3) is 11.5 Å². The molecule has 0 radical (unpaired) electrons. The Kier molecular flexibility index (Phi) is 12.4. The molecule has 0 bridgehead atoms. The number of carbonyl (C=O) groups excluding carboxylic acids is 2. The van der Waals surface area contributed by atoms with E-state index in [9.17, 15) is 41.0 Å². The highest BCUT2D eigenvalue weighted by atomic mass is 19.4. The summed E-state index contributed by atoms with van der Waals surface area (Å²) in [5.41, 5.74) is -7.08. The van der Waals surface area contributed by atoms with Gasteiger partial charge in [-0.05, 0) is 73.9 Å². The van der Waals surface area contributed by atoms with E-state index in [1.165, 1.54) is 6.08 Å². The highest BCUT2D eigenvalue weighted by Crippen LogP contribution is 2.51. The maximum atomic E-state index is 13.9. The van der Waals surface area contributed by atoms with Crippen LogP contribution < -0.4 is 19.5 Å². The zero-order valence-corrected chi connectivity index (χ0v) is 28.4. The number of imide groups is 1. The molecule has 2 aliphatic rings. The molecule has 2 N–H and O–H groups in total. The van der Waals surface area contributed by atoms with Crippen molar-refractivity contribution in [2.24, 2.45) is 0 Å². The van der Waals surface area contributed by atoms with Crippen LogP contribution in [0.4, 0.5) is 31.1 Å². The van der Waals surface area contributed by atoms with E-state index >= 15 is 0 Å². The zero-order valence-electron chi connectivity index (χ0n) is 28.4. The van der Waals surface area contributed by atoms with Gasteiger partial charge in [0.15, 0.2) is 11.5 Å². The van der Waals surface area contributed by atoms with Crippen molar-refractivity contribution in [2.45, 2.75) is 108 Å². The SMILES string of the molecule is CCCCCCC=Cc1cc(C(O)(C(F)(F)F)C(F)(F)F)cc(CCC)c1OCCCCN1C(=O)NC(CC)(c2ccc3c(c2)OCO3)C1=O. The lowest BCUT2D eigenvalue weighted by atomic mass is 9.87. The number of alkyl halides is 6. The van der Waals surface area contributed by atoms with Crippen LogP contribution in [0.1, 0.15) is 101 Å². The molecular formula is C36H44F6N2O6. The summed E-state index contributed by atoms with van der Waals surface area (Å²) in [6, 6.07) is 5.88. The van der Waals surface area contributed by atoms with Crippen LogP contribution in [0.2, 0.25) is 0 Å². The Morgan fingerprint density at radius 2 is 1.64 bits per heavy atom. The first kappa shape index (κ1) is 38.9. The predicted molar refractivity (Wildman–Crippen MR) is 174 cm³/mol. The van der Waals surface area contributed by atoms with Gasteiger partial charge in [-0.25, -0.2) is 4.79 Å². The van der Waals surface area contributed by atoms with Crippen molar-refractivity contribution in [2.75, 3.05) is 19.9 Å². The fraction of sp³-hybridized carbons (Fsp3) is 0.556. The number of carbonyl (C=O) groups is 2. The average molecular weight is 715 g/mol. The lowest BCUT2D eigenvalue weighted by Gasteiger charge is -2.33. The molecule has 4 rings (SSSR count). The van der Waals surface area contributed by atoms with Gasteiger partial charge in [-0.15, -0.1) is 0 Å². The average Bonchev–Trinajstić information content (AvgIpc) is 3.63. The number of amides is 3. The van der Waals surface area contributed by atoms with Crippen molar-refractivity contribution in [3.63, 3.8) is 0 Å². The Hall–Kier alpha value is -3.94. The van der Waals surface area contributed by atoms with Crippen molar-refractivity contribution in [1.29, 1.82) is 0 Å². The molecular weight excluding hydrogens is 670 g/mol. The van der Waals surface area contributed by atoms with Crippen molar-refractivity contribution >= 4 is 18.0 Å². The van der Waals surface area contributed by atoms with Crippen LogP contribution in [0.15, 0.2) is 36.4 Å². The molecule has 2 aromatic carbocycles. The Morgan fingerprint density at radius 3 is 2.30 bits per heavy atom. The van der Waals surface area contributed by atoms with Gasteiger partial charge >= 0.3 is 18.4 Å². The number of halogens is 6. The number of unbranched alkanes of at least 4 members (excludes halogenated alkanes) is 5. The monoisotopic (exact) mass is 714 g/mol. The molecule has 0 saturated carbocycles. The third-order valence-electron chi connectivity index (χ3n) is 9.07. The standard InChI is InChI=1S/C36H44F6N2O6/c1-4-7-8-9-10-11-15-25-21-27(34(47,35(37,38)39)36(40,41)42)20-24(14-5-2)30(25)48-19-13-12-18-44-31(45)33(6-3,43-32(44)46)26-16-17-28-29(22-26)50-23-49-28/h11,15-17,20-22,47H,4-10,12-14,18-19,23H2,1-3H3,(H,43,46). The quantitative estimate of drug-likeness (QED) is 0.0968. The van der Waals surface area contributed by atoms with E-state index in [-0.39, 0.29) is 49.7 Å². The molecule has 2 aliphatic heterocycles. The Morgan fingerprint density at radius 1 is 0.920 bits per heavy atom. The third-order valence-corrected chi connectivity index (χ3v) is 9.07. The van der Waals surface area contributed by atoms with E-state index in [0.29, 0.717) is 54.9 Å². The topological polar surface area (TPSA) is 97.3 Å². The summed E-state index contributed by atoms with van der Waals surface area (Å²) in [7, 11) is 0. The van der Waals surface area contributed by atoms with Crippen molar-refractivity contribution in [3.05, 3.63) is 58.7 Å². The fourth-order valence-electron chi connectivity index (χ4n) is 6.24. The highest BCUT2D eigenvalue weighted by Gasteiger charge is 2.71. The van der Waals surface area contributed by atoms with Gasteiger partial charge in [0.1, 0.15) is 11.3 Å². The van der Waals surface area contributed by atoms with Gasteiger partial charge in [-0.3, -0.25) is 9.69 Å². The molecule has 1 fully saturated rings. The van der Waals surface area contributed by atoms with E-state index in [2.05, 4.69) is 5.32 Å². The normalized spacial score (nSPS) is 18.0. The van der Waals surface area contributed by atoms with Crippen LogP contribution >= 0.6 is 0 Å². The lowest BCUT2D eigenvalue weighted by molar-refractivity contribution is -0.376. The van der Waals surface area contributed by atoms with E-state index in [1.54, 1.807) is 38.1 Å². The molecule has 50 heavy (non-hydrogen) atoms. The minimum atomic E-state index is -6.03. The number of hydrogen-bond acceptors (Lipinski definition) is 6. The second kappa shape index (κ2) is 15.9. The molecule has 2 aromatic rings. The highest BCUT2D eigenvalue weighted by molar-refractivity contribution is 6.07. The summed E-state index contributed by atoms with van der Waals surface area (Å²) in [5, 5.41) is 13.0. The Bertz CT molecular complexity index is 1530. The van der Waals surface area contributed by atoms with Gasteiger partial charge in [0, 0.05) is 17.7 Å². The number of allylic oxidation sites excluding steroid dienone is 1. The number of urea groups is 1. The Labute approximate surface area is 287 Å². The number of aryl methyl sites for hydroxylation is 1. The number of nitrogens with one attached hydrogen (secondary N) is 1. The number of ether oxygens (including phenoxy) is 3. The minimum absolute atomic E-state index is 0.000934. The molecule has 0 aromatic heterocycles. The number of benzene rings is 2. The number of fused-ring (bicyclic) bond motifs is 1. The number of aliphatic hydroxyl groups is 1. The van der Waals surface area contributed by atoms with Crippen molar-refractivity contribution in [3.8, 4) is 17.2 Å². The van der Waals surface area contributed by atoms with Crippen molar-refractivity contribution in [1.82, 2.24) is 10.2 Å². The summed E-state index contributed by atoms with van der Waals surface area (Å²) < 4.78 is 100. The summed E-state index contributed by atoms with van der Waals surface area (Å²) >= 11 is 0. The van der Waals surface area contributed by atoms with E-state index in [0.717, 1.165) is 30.6 Å². The summed E-state index contributed by atoms with van der Waals surface area (Å²) in [6.07, 6.45) is -3.35. The van der Waals surface area contributed by atoms with Crippen LogP contribution in [-0.4, -0.2) is 54.2 Å². The lowest BCUT2D eigenvalue weighted by Crippen LogP contribution is -2.54. The largest absolute Gasteiger partial charge is 0.493 e. The first-order valence-electron chi connectivity index (χ1n) is 17.0. The van der Waals surface area contributed by atoms with Gasteiger partial charge < -0.3 is 24.6 Å². The molecule has 1 saturated heterocycles. The third kappa shape index (κ3) is 7.84. The second-order valence-electron chi connectivity index (χ2n) is 12.5. The van der Waals surface area contributed by atoms with Gasteiger partial charge in [0.2, 0.25) is 6.79 Å². The molecule has 14 heteroatoms. The van der Waals surface area contributed by atoms with Crippen LogP contribution in [0, 0.1) is 0 Å². The van der Waals surface area contributed by atoms with Crippen LogP contribution in [0.5, 0.6) is 17.2 Å². The van der Waals surface area contributed by atoms with Gasteiger partial charge in [-0.2, -0.15) is 26.3 Å². The molecule has 3 amide bonds. The first-order chi connectivity index (χ1) is 23.6. The van der Waals surface area contributed by atoms with Gasteiger partial charge in [-0.1, -0.05) is 64.7 Å². The van der Waals surface area contributed by atoms with Crippen LogP contribution in [0.25, 0.3) is 6.08 Å². The smallest absolute Gasteiger partial charge is 0.430 e. The molecule has 2 heterocycles. The van der Waals surface area contributed by atoms with Crippen LogP contribution in [-0.2, 0) is 22.4 Å². The summed E-state index contributed by atoms with van der Waals surface area (Å²) in [4.78, 5) is 27.7. The summed E-state index contributed by atoms with van der Waals surface area (Å²) in [6.45, 7) is 5.64. The van der Waals surface area contributed by atoms with Crippen molar-refractivity contribution < 1.29 is 55.2 Å². The molecule has 1 unspecified atom stereocenters. The minimum Gasteiger partial charge on any atom is -0.493 e. The maximum Gasteiger partial charge on any atom is 0.430 e. The van der Waals surface area contributed by atoms with Crippen LogP contribution in [0.3, 0.4) is 0 Å². The van der Waals surface area contributed by atoms with E-state index in [1.807, 2.05) is 6.92 Å². The zero-order chi connectivity index (χ0) is 36.7. The van der Waals surface area contributed by atoms with Gasteiger partial charge in [0.05, 0.1) is 6.61 Å².